The SMILES string of the molecule is CCNC(=O)C1CCN(C(=O)CCNC2CC2)CC1. The highest BCUT2D eigenvalue weighted by Gasteiger charge is 2.27. The molecule has 1 aliphatic heterocycles. The van der Waals surface area contributed by atoms with Crippen molar-refractivity contribution in [3.05, 3.63) is 0 Å². The van der Waals surface area contributed by atoms with E-state index >= 15 is 0 Å². The second kappa shape index (κ2) is 6.89. The molecule has 0 aromatic heterocycles. The van der Waals surface area contributed by atoms with Crippen molar-refractivity contribution >= 4 is 11.8 Å². The summed E-state index contributed by atoms with van der Waals surface area (Å²) >= 11 is 0. The van der Waals surface area contributed by atoms with Crippen molar-refractivity contribution in [3.8, 4) is 0 Å². The molecule has 0 radical (unpaired) electrons. The van der Waals surface area contributed by atoms with E-state index in [4.69, 9.17) is 0 Å². The van der Waals surface area contributed by atoms with Gasteiger partial charge < -0.3 is 15.5 Å². The van der Waals surface area contributed by atoms with Crippen LogP contribution in [0.4, 0.5) is 0 Å². The number of hydrogen-bond donors (Lipinski definition) is 2. The fourth-order valence-electron chi connectivity index (χ4n) is 2.54. The third-order valence-electron chi connectivity index (χ3n) is 3.92. The minimum Gasteiger partial charge on any atom is -0.356 e. The Morgan fingerprint density at radius 2 is 1.84 bits per heavy atom. The first-order chi connectivity index (χ1) is 9.20. The second-order valence-electron chi connectivity index (χ2n) is 5.53. The molecule has 1 saturated heterocycles. The van der Waals surface area contributed by atoms with Gasteiger partial charge in [0.25, 0.3) is 0 Å². The minimum atomic E-state index is 0.0913. The molecule has 2 rings (SSSR count). The molecule has 5 heteroatoms. The Balaban J connectivity index is 1.63. The van der Waals surface area contributed by atoms with Crippen LogP contribution in [0.15, 0.2) is 0 Å². The van der Waals surface area contributed by atoms with Crippen molar-refractivity contribution in [3.63, 3.8) is 0 Å². The Morgan fingerprint density at radius 1 is 1.16 bits per heavy atom. The lowest BCUT2D eigenvalue weighted by atomic mass is 9.95. The standard InChI is InChI=1S/C14H25N3O2/c1-2-15-14(19)11-6-9-17(10-7-11)13(18)5-8-16-12-3-4-12/h11-12,16H,2-10H2,1H3,(H,15,19). The fraction of sp³-hybridized carbons (Fsp3) is 0.857. The summed E-state index contributed by atoms with van der Waals surface area (Å²) in [6, 6.07) is 0.663. The molecule has 2 N–H and O–H groups in total. The van der Waals surface area contributed by atoms with Crippen molar-refractivity contribution in [1.82, 2.24) is 15.5 Å². The maximum atomic E-state index is 12.0. The smallest absolute Gasteiger partial charge is 0.223 e. The average Bonchev–Trinajstić information content (AvgIpc) is 3.23. The van der Waals surface area contributed by atoms with Gasteiger partial charge in [0.15, 0.2) is 0 Å². The Labute approximate surface area is 115 Å². The third kappa shape index (κ3) is 4.49. The molecule has 0 atom stereocenters. The summed E-state index contributed by atoms with van der Waals surface area (Å²) in [4.78, 5) is 25.6. The quantitative estimate of drug-likeness (QED) is 0.737. The molecule has 108 valence electrons. The van der Waals surface area contributed by atoms with Crippen LogP contribution in [0.1, 0.15) is 39.0 Å². The van der Waals surface area contributed by atoms with Crippen molar-refractivity contribution in [2.45, 2.75) is 45.1 Å². The Kier molecular flexibility index (Phi) is 5.19. The first kappa shape index (κ1) is 14.3. The Bertz CT molecular complexity index is 321. The van der Waals surface area contributed by atoms with Gasteiger partial charge in [-0.1, -0.05) is 0 Å². The number of carbonyl (C=O) groups excluding carboxylic acids is 2. The summed E-state index contributed by atoms with van der Waals surface area (Å²) in [5, 5.41) is 6.22. The summed E-state index contributed by atoms with van der Waals surface area (Å²) in [5.74, 6) is 0.459. The van der Waals surface area contributed by atoms with Gasteiger partial charge in [0.1, 0.15) is 0 Å². The van der Waals surface area contributed by atoms with Crippen LogP contribution < -0.4 is 10.6 Å². The van der Waals surface area contributed by atoms with Crippen LogP contribution >= 0.6 is 0 Å². The van der Waals surface area contributed by atoms with E-state index in [0.29, 0.717) is 19.0 Å². The molecular weight excluding hydrogens is 242 g/mol. The average molecular weight is 267 g/mol. The normalized spacial score (nSPS) is 20.4. The van der Waals surface area contributed by atoms with Gasteiger partial charge >= 0.3 is 0 Å². The molecule has 1 aliphatic carbocycles. The Morgan fingerprint density at radius 3 is 2.42 bits per heavy atom. The van der Waals surface area contributed by atoms with E-state index in [9.17, 15) is 9.59 Å². The van der Waals surface area contributed by atoms with Crippen LogP contribution in [0.2, 0.25) is 0 Å². The molecule has 2 amide bonds. The lowest BCUT2D eigenvalue weighted by molar-refractivity contribution is -0.135. The molecule has 1 heterocycles. The molecule has 0 spiro atoms. The van der Waals surface area contributed by atoms with E-state index in [1.165, 1.54) is 12.8 Å². The number of rotatable bonds is 6. The van der Waals surface area contributed by atoms with E-state index < -0.39 is 0 Å². The monoisotopic (exact) mass is 267 g/mol. The first-order valence-electron chi connectivity index (χ1n) is 7.49. The number of carbonyl (C=O) groups is 2. The highest BCUT2D eigenvalue weighted by Crippen LogP contribution is 2.19. The van der Waals surface area contributed by atoms with Gasteiger partial charge in [0.2, 0.25) is 11.8 Å². The minimum absolute atomic E-state index is 0.0913. The number of nitrogens with one attached hydrogen (secondary N) is 2. The number of hydrogen-bond acceptors (Lipinski definition) is 3. The molecule has 0 bridgehead atoms. The highest BCUT2D eigenvalue weighted by atomic mass is 16.2. The zero-order valence-corrected chi connectivity index (χ0v) is 11.8. The molecule has 0 aromatic carbocycles. The van der Waals surface area contributed by atoms with Gasteiger partial charge in [0.05, 0.1) is 0 Å². The molecule has 5 nitrogen and oxygen atoms in total. The van der Waals surface area contributed by atoms with Gasteiger partial charge in [-0.2, -0.15) is 0 Å². The summed E-state index contributed by atoms with van der Waals surface area (Å²) in [7, 11) is 0. The lowest BCUT2D eigenvalue weighted by Crippen LogP contribution is -2.43. The third-order valence-corrected chi connectivity index (χ3v) is 3.92. The lowest BCUT2D eigenvalue weighted by Gasteiger charge is -2.31. The van der Waals surface area contributed by atoms with Crippen LogP contribution in [0.3, 0.4) is 0 Å². The van der Waals surface area contributed by atoms with Crippen molar-refractivity contribution in [2.24, 2.45) is 5.92 Å². The van der Waals surface area contributed by atoms with E-state index in [2.05, 4.69) is 10.6 Å². The van der Waals surface area contributed by atoms with Crippen molar-refractivity contribution in [2.75, 3.05) is 26.2 Å². The van der Waals surface area contributed by atoms with Crippen LogP contribution in [0, 0.1) is 5.92 Å². The number of piperidine rings is 1. The second-order valence-corrected chi connectivity index (χ2v) is 5.53. The predicted octanol–water partition coefficient (Wildman–Crippen LogP) is 0.503. The molecular formula is C14H25N3O2. The fourth-order valence-corrected chi connectivity index (χ4v) is 2.54. The van der Waals surface area contributed by atoms with Crippen LogP contribution in [0.5, 0.6) is 0 Å². The number of amides is 2. The van der Waals surface area contributed by atoms with Crippen molar-refractivity contribution < 1.29 is 9.59 Å². The van der Waals surface area contributed by atoms with E-state index in [-0.39, 0.29) is 17.7 Å². The van der Waals surface area contributed by atoms with Gasteiger partial charge in [-0.05, 0) is 32.6 Å². The predicted molar refractivity (Wildman–Crippen MR) is 73.6 cm³/mol. The molecule has 0 aromatic rings. The zero-order valence-electron chi connectivity index (χ0n) is 11.8. The van der Waals surface area contributed by atoms with Crippen LogP contribution in [-0.4, -0.2) is 48.9 Å². The molecule has 1 saturated carbocycles. The number of likely N-dealkylation sites (tertiary alicyclic amines) is 1. The van der Waals surface area contributed by atoms with E-state index in [1.54, 1.807) is 0 Å². The summed E-state index contributed by atoms with van der Waals surface area (Å²) in [5.41, 5.74) is 0. The summed E-state index contributed by atoms with van der Waals surface area (Å²) in [6.45, 7) is 4.86. The molecule has 2 fully saturated rings. The van der Waals surface area contributed by atoms with Gasteiger partial charge in [-0.3, -0.25) is 9.59 Å². The van der Waals surface area contributed by atoms with E-state index in [1.807, 2.05) is 11.8 Å². The van der Waals surface area contributed by atoms with Gasteiger partial charge in [-0.25, -0.2) is 0 Å². The Hall–Kier alpha value is -1.10. The molecule has 19 heavy (non-hydrogen) atoms. The van der Waals surface area contributed by atoms with Crippen LogP contribution in [0.25, 0.3) is 0 Å². The largest absolute Gasteiger partial charge is 0.356 e. The maximum absolute atomic E-state index is 12.0. The summed E-state index contributed by atoms with van der Waals surface area (Å²) < 4.78 is 0. The highest BCUT2D eigenvalue weighted by molar-refractivity contribution is 5.80. The summed E-state index contributed by atoms with van der Waals surface area (Å²) in [6.07, 6.45) is 4.70. The topological polar surface area (TPSA) is 61.4 Å². The van der Waals surface area contributed by atoms with E-state index in [0.717, 1.165) is 32.5 Å². The maximum Gasteiger partial charge on any atom is 0.223 e. The van der Waals surface area contributed by atoms with Crippen LogP contribution in [-0.2, 0) is 9.59 Å². The number of nitrogens with zero attached hydrogens (tertiary/aromatic N) is 1. The molecule has 2 aliphatic rings. The van der Waals surface area contributed by atoms with Gasteiger partial charge in [-0.15, -0.1) is 0 Å². The first-order valence-corrected chi connectivity index (χ1v) is 7.49. The van der Waals surface area contributed by atoms with Crippen molar-refractivity contribution in [1.29, 1.82) is 0 Å². The molecule has 0 unspecified atom stereocenters. The zero-order chi connectivity index (χ0) is 13.7. The van der Waals surface area contributed by atoms with Gasteiger partial charge in [0, 0.05) is 44.6 Å².